The third-order valence-electron chi connectivity index (χ3n) is 3.91. The zero-order valence-electron chi connectivity index (χ0n) is 15.5. The molecule has 1 atom stereocenters. The van der Waals surface area contributed by atoms with Gasteiger partial charge in [0, 0.05) is 0 Å². The monoisotopic (exact) mass is 357 g/mol. The molecule has 0 aliphatic rings. The van der Waals surface area contributed by atoms with Crippen molar-refractivity contribution in [1.82, 2.24) is 0 Å². The molecular formula is C18H24LiNO6. The molecule has 0 fully saturated rings. The molecule has 1 rings (SSSR count). The van der Waals surface area contributed by atoms with E-state index in [0.29, 0.717) is 5.56 Å². The van der Waals surface area contributed by atoms with Crippen molar-refractivity contribution in [3.8, 4) is 0 Å². The van der Waals surface area contributed by atoms with Crippen LogP contribution in [0.25, 0.3) is 0 Å². The Hall–Kier alpha value is -1.62. The number of esters is 2. The van der Waals surface area contributed by atoms with Gasteiger partial charge >= 0.3 is 30.8 Å². The first kappa shape index (κ1) is 24.4. The van der Waals surface area contributed by atoms with Crippen LogP contribution in [0.5, 0.6) is 0 Å². The maximum absolute atomic E-state index is 12.8. The fourth-order valence-electron chi connectivity index (χ4n) is 2.85. The third-order valence-corrected chi connectivity index (χ3v) is 3.91. The smallest absolute Gasteiger partial charge is 0.633 e. The van der Waals surface area contributed by atoms with Gasteiger partial charge < -0.3 is 25.1 Å². The Bertz CT molecular complexity index is 560. The summed E-state index contributed by atoms with van der Waals surface area (Å²) in [5, 5.41) is 21.3. The van der Waals surface area contributed by atoms with Crippen LogP contribution in [0.4, 0.5) is 0 Å². The van der Waals surface area contributed by atoms with Gasteiger partial charge in [0.2, 0.25) is 0 Å². The van der Waals surface area contributed by atoms with Gasteiger partial charge in [-0.25, -0.2) is 0 Å². The number of quaternary nitrogens is 1. The minimum Gasteiger partial charge on any atom is -0.633 e. The Kier molecular flexibility index (Phi) is 11.1. The van der Waals surface area contributed by atoms with Gasteiger partial charge in [0.1, 0.15) is 0 Å². The third kappa shape index (κ3) is 5.69. The number of rotatable bonds is 10. The molecule has 138 valence electrons. The molecule has 0 aromatic heterocycles. The molecule has 1 N–H and O–H groups in total. The number of benzene rings is 1. The van der Waals surface area contributed by atoms with E-state index in [-0.39, 0.29) is 38.5 Å². The van der Waals surface area contributed by atoms with E-state index in [0.717, 1.165) is 0 Å². The number of ether oxygens (including phenoxy) is 2. The van der Waals surface area contributed by atoms with E-state index in [4.69, 9.17) is 9.47 Å². The van der Waals surface area contributed by atoms with Gasteiger partial charge in [-0.2, -0.15) is 0 Å². The number of allylic oxidation sites excluding steroid dienone is 1. The largest absolute Gasteiger partial charge is 1.00 e. The molecule has 0 heterocycles. The van der Waals surface area contributed by atoms with Crippen molar-refractivity contribution in [2.24, 2.45) is 5.41 Å². The van der Waals surface area contributed by atoms with Gasteiger partial charge in [0.15, 0.2) is 5.41 Å². The van der Waals surface area contributed by atoms with Crippen LogP contribution >= 0.6 is 0 Å². The Balaban J connectivity index is 0.00000625. The molecule has 7 nitrogen and oxygen atoms in total. The van der Waals surface area contributed by atoms with Crippen molar-refractivity contribution in [3.05, 3.63) is 59.0 Å². The second-order valence-corrected chi connectivity index (χ2v) is 5.44. The summed E-state index contributed by atoms with van der Waals surface area (Å²) < 4.78 is 10.2. The van der Waals surface area contributed by atoms with Gasteiger partial charge in [-0.1, -0.05) is 36.4 Å². The van der Waals surface area contributed by atoms with E-state index in [9.17, 15) is 20.0 Å². The standard InChI is InChI=1S/C18H24NO6.Li/c1-4-12-18(16(20)24-5-2,17(21)25-6-3)15(13-19(22)23)14-10-8-7-9-11-14;/h4,7-11,15,19H,1,5-6,12-13H2,2-3H3;/q-1;+1. The summed E-state index contributed by atoms with van der Waals surface area (Å²) in [5.74, 6) is -2.67. The van der Waals surface area contributed by atoms with E-state index in [2.05, 4.69) is 6.58 Å². The average Bonchev–Trinajstić information content (AvgIpc) is 2.58. The van der Waals surface area contributed by atoms with Crippen LogP contribution in [0.15, 0.2) is 43.0 Å². The number of hydrogen-bond acceptors (Lipinski definition) is 6. The molecular weight excluding hydrogens is 333 g/mol. The first-order chi connectivity index (χ1) is 11.9. The molecule has 0 aliphatic carbocycles. The van der Waals surface area contributed by atoms with E-state index in [1.54, 1.807) is 44.2 Å². The van der Waals surface area contributed by atoms with Gasteiger partial charge in [-0.15, -0.1) is 6.58 Å². The first-order valence-corrected chi connectivity index (χ1v) is 8.14. The molecule has 8 heteroatoms. The number of carbonyl (C=O) groups is 2. The summed E-state index contributed by atoms with van der Waals surface area (Å²) in [6.07, 6.45) is 1.27. The topological polar surface area (TPSA) is 103 Å². The van der Waals surface area contributed by atoms with Crippen LogP contribution in [-0.4, -0.2) is 31.7 Å². The van der Waals surface area contributed by atoms with Crippen molar-refractivity contribution in [3.63, 3.8) is 0 Å². The first-order valence-electron chi connectivity index (χ1n) is 8.14. The molecule has 0 amide bonds. The molecule has 0 radical (unpaired) electrons. The Morgan fingerprint density at radius 1 is 1.15 bits per heavy atom. The molecule has 1 unspecified atom stereocenters. The summed E-state index contributed by atoms with van der Waals surface area (Å²) in [5.41, 5.74) is -1.33. The maximum Gasteiger partial charge on any atom is 1.00 e. The molecule has 0 bridgehead atoms. The van der Waals surface area contributed by atoms with Crippen molar-refractivity contribution in [2.75, 3.05) is 19.8 Å². The van der Waals surface area contributed by atoms with E-state index in [1.807, 2.05) is 0 Å². The van der Waals surface area contributed by atoms with Crippen molar-refractivity contribution >= 4 is 11.9 Å². The summed E-state index contributed by atoms with van der Waals surface area (Å²) >= 11 is 0. The van der Waals surface area contributed by atoms with Gasteiger partial charge in [0.05, 0.1) is 25.7 Å². The van der Waals surface area contributed by atoms with Gasteiger partial charge in [0.25, 0.3) is 0 Å². The molecule has 0 saturated carbocycles. The molecule has 1 aromatic carbocycles. The molecule has 0 saturated heterocycles. The van der Waals surface area contributed by atoms with E-state index in [1.165, 1.54) is 6.08 Å². The van der Waals surface area contributed by atoms with Gasteiger partial charge in [-0.05, 0) is 25.8 Å². The van der Waals surface area contributed by atoms with Crippen LogP contribution in [0.3, 0.4) is 0 Å². The van der Waals surface area contributed by atoms with E-state index >= 15 is 0 Å². The van der Waals surface area contributed by atoms with Crippen molar-refractivity contribution in [2.45, 2.75) is 26.2 Å². The number of carbonyl (C=O) groups excluding carboxylic acids is 2. The summed E-state index contributed by atoms with van der Waals surface area (Å²) in [7, 11) is 0. The Labute approximate surface area is 165 Å². The van der Waals surface area contributed by atoms with Crippen LogP contribution in [-0.2, 0) is 19.1 Å². The number of hydroxylamine groups is 2. The number of nitrogens with one attached hydrogen (secondary N) is 1. The zero-order valence-corrected chi connectivity index (χ0v) is 15.5. The number of hydrogen-bond donors (Lipinski definition) is 1. The second kappa shape index (κ2) is 11.9. The zero-order chi connectivity index (χ0) is 18.9. The normalized spacial score (nSPS) is 12.0. The predicted octanol–water partition coefficient (Wildman–Crippen LogP) is -1.66. The predicted molar refractivity (Wildman–Crippen MR) is 92.3 cm³/mol. The van der Waals surface area contributed by atoms with Crippen molar-refractivity contribution in [1.29, 1.82) is 0 Å². The second-order valence-electron chi connectivity index (χ2n) is 5.44. The molecule has 0 aliphatic heterocycles. The van der Waals surface area contributed by atoms with Crippen LogP contribution in [0.1, 0.15) is 31.7 Å². The van der Waals surface area contributed by atoms with Gasteiger partial charge in [-0.3, -0.25) is 9.59 Å². The summed E-state index contributed by atoms with van der Waals surface area (Å²) in [6, 6.07) is 8.47. The van der Waals surface area contributed by atoms with Crippen LogP contribution < -0.4 is 24.1 Å². The van der Waals surface area contributed by atoms with Crippen molar-refractivity contribution < 1.29 is 43.1 Å². The van der Waals surface area contributed by atoms with Crippen LogP contribution in [0, 0.1) is 15.8 Å². The fraction of sp³-hybridized carbons (Fsp3) is 0.444. The fourth-order valence-corrected chi connectivity index (χ4v) is 2.85. The molecule has 1 aromatic rings. The van der Waals surface area contributed by atoms with E-state index < -0.39 is 35.0 Å². The quantitative estimate of drug-likeness (QED) is 0.177. The Morgan fingerprint density at radius 3 is 2.04 bits per heavy atom. The molecule has 26 heavy (non-hydrogen) atoms. The summed E-state index contributed by atoms with van der Waals surface area (Å²) in [6.45, 7) is 6.38. The minimum absolute atomic E-state index is 0. The van der Waals surface area contributed by atoms with Crippen LogP contribution in [0.2, 0.25) is 0 Å². The summed E-state index contributed by atoms with van der Waals surface area (Å²) in [4.78, 5) is 25.6. The Morgan fingerprint density at radius 2 is 1.65 bits per heavy atom. The SMILES string of the molecule is C=CCC(C(=O)OCC)(C(=O)OCC)C(C[NH+]([O-])[O-])c1ccccc1.[Li+]. The average molecular weight is 357 g/mol. The molecule has 0 spiro atoms. The minimum atomic E-state index is -1.84. The maximum atomic E-state index is 12.8.